The lowest BCUT2D eigenvalue weighted by Gasteiger charge is -2.34. The number of carbonyl (C=O) groups excluding carboxylic acids is 2. The minimum absolute atomic E-state index is 0.00902. The molecule has 1 fully saturated rings. The second kappa shape index (κ2) is 8.39. The van der Waals surface area contributed by atoms with Crippen molar-refractivity contribution in [3.05, 3.63) is 87.7 Å². The molecule has 0 saturated carbocycles. The van der Waals surface area contributed by atoms with Crippen LogP contribution in [0.15, 0.2) is 60.8 Å². The molecule has 0 spiro atoms. The summed E-state index contributed by atoms with van der Waals surface area (Å²) in [6.07, 6.45) is 1.64. The Bertz CT molecular complexity index is 1110. The highest BCUT2D eigenvalue weighted by Crippen LogP contribution is 2.16. The van der Waals surface area contributed by atoms with E-state index in [1.807, 2.05) is 31.2 Å². The number of hydrogen-bond acceptors (Lipinski definition) is 5. The first-order valence-electron chi connectivity index (χ1n) is 9.88. The molecule has 9 heteroatoms. The van der Waals surface area contributed by atoms with Gasteiger partial charge in [-0.25, -0.2) is 4.68 Å². The third-order valence-corrected chi connectivity index (χ3v) is 5.29. The van der Waals surface area contributed by atoms with Crippen LogP contribution in [0.2, 0.25) is 0 Å². The average Bonchev–Trinajstić information content (AvgIpc) is 3.29. The zero-order valence-electron chi connectivity index (χ0n) is 17.0. The van der Waals surface area contributed by atoms with Crippen molar-refractivity contribution >= 4 is 17.5 Å². The van der Waals surface area contributed by atoms with Crippen LogP contribution in [0.3, 0.4) is 0 Å². The fraction of sp³-hybridized carbons (Fsp3) is 0.227. The Hall–Kier alpha value is -4.01. The predicted octanol–water partition coefficient (Wildman–Crippen LogP) is 2.69. The van der Waals surface area contributed by atoms with Crippen molar-refractivity contribution in [1.82, 2.24) is 19.6 Å². The number of aryl methyl sites for hydroxylation is 1. The molecule has 158 valence electrons. The molecule has 2 heterocycles. The third kappa shape index (κ3) is 4.30. The molecule has 1 aliphatic heterocycles. The molecule has 0 unspecified atom stereocenters. The van der Waals surface area contributed by atoms with Crippen molar-refractivity contribution in [3.8, 4) is 5.69 Å². The molecule has 0 radical (unpaired) electrons. The van der Waals surface area contributed by atoms with Crippen LogP contribution in [-0.2, 0) is 0 Å². The van der Waals surface area contributed by atoms with Crippen LogP contribution in [-0.4, -0.2) is 62.5 Å². The predicted molar refractivity (Wildman–Crippen MR) is 113 cm³/mol. The van der Waals surface area contributed by atoms with Crippen LogP contribution < -0.4 is 0 Å². The number of nitro benzene ring substituents is 1. The Morgan fingerprint density at radius 2 is 1.45 bits per heavy atom. The zero-order chi connectivity index (χ0) is 22.0. The van der Waals surface area contributed by atoms with Crippen LogP contribution in [0.25, 0.3) is 5.69 Å². The molecule has 0 bridgehead atoms. The third-order valence-electron chi connectivity index (χ3n) is 5.29. The molecular weight excluding hydrogens is 398 g/mol. The SMILES string of the molecule is Cc1ccc(C(=O)N2CCN(C(=O)c3ccn(-c4ccc([N+](=O)[O-])cc4)n3)CC2)cc1. The molecule has 2 aromatic carbocycles. The summed E-state index contributed by atoms with van der Waals surface area (Å²) in [5.41, 5.74) is 2.65. The maximum absolute atomic E-state index is 12.8. The van der Waals surface area contributed by atoms with E-state index in [0.29, 0.717) is 37.4 Å². The number of nitrogens with zero attached hydrogens (tertiary/aromatic N) is 5. The number of benzene rings is 2. The van der Waals surface area contributed by atoms with Crippen LogP contribution in [0.1, 0.15) is 26.4 Å². The first kappa shape index (κ1) is 20.3. The number of hydrogen-bond donors (Lipinski definition) is 0. The van der Waals surface area contributed by atoms with E-state index in [-0.39, 0.29) is 23.2 Å². The van der Waals surface area contributed by atoms with Gasteiger partial charge in [-0.3, -0.25) is 19.7 Å². The van der Waals surface area contributed by atoms with Crippen LogP contribution in [0.4, 0.5) is 5.69 Å². The number of rotatable bonds is 4. The fourth-order valence-electron chi connectivity index (χ4n) is 3.46. The fourth-order valence-corrected chi connectivity index (χ4v) is 3.46. The lowest BCUT2D eigenvalue weighted by Crippen LogP contribution is -2.50. The van der Waals surface area contributed by atoms with Gasteiger partial charge in [0.25, 0.3) is 17.5 Å². The van der Waals surface area contributed by atoms with E-state index in [1.165, 1.54) is 16.8 Å². The first-order valence-corrected chi connectivity index (χ1v) is 9.88. The smallest absolute Gasteiger partial charge is 0.274 e. The largest absolute Gasteiger partial charge is 0.335 e. The average molecular weight is 419 g/mol. The summed E-state index contributed by atoms with van der Waals surface area (Å²) in [6, 6.07) is 15.0. The van der Waals surface area contributed by atoms with Gasteiger partial charge in [0.05, 0.1) is 10.6 Å². The van der Waals surface area contributed by atoms with E-state index in [2.05, 4.69) is 5.10 Å². The van der Waals surface area contributed by atoms with E-state index >= 15 is 0 Å². The molecule has 1 aliphatic rings. The van der Waals surface area contributed by atoms with E-state index in [0.717, 1.165) is 5.56 Å². The summed E-state index contributed by atoms with van der Waals surface area (Å²) in [6.45, 7) is 3.76. The van der Waals surface area contributed by atoms with Gasteiger partial charge in [-0.05, 0) is 37.3 Å². The summed E-state index contributed by atoms with van der Waals surface area (Å²) in [5, 5.41) is 15.1. The number of non-ortho nitro benzene ring substituents is 1. The van der Waals surface area contributed by atoms with Gasteiger partial charge in [-0.2, -0.15) is 5.10 Å². The maximum atomic E-state index is 12.8. The van der Waals surface area contributed by atoms with Gasteiger partial charge >= 0.3 is 0 Å². The summed E-state index contributed by atoms with van der Waals surface area (Å²) in [5.74, 6) is -0.238. The molecule has 0 N–H and O–H groups in total. The summed E-state index contributed by atoms with van der Waals surface area (Å²) in [4.78, 5) is 39.2. The van der Waals surface area contributed by atoms with Crippen molar-refractivity contribution in [1.29, 1.82) is 0 Å². The highest BCUT2D eigenvalue weighted by Gasteiger charge is 2.26. The van der Waals surface area contributed by atoms with E-state index in [1.54, 1.807) is 34.2 Å². The topological polar surface area (TPSA) is 102 Å². The second-order valence-corrected chi connectivity index (χ2v) is 7.37. The number of amides is 2. The van der Waals surface area contributed by atoms with Gasteiger partial charge in [-0.1, -0.05) is 17.7 Å². The Kier molecular flexibility index (Phi) is 5.48. The van der Waals surface area contributed by atoms with Gasteiger partial charge in [0.15, 0.2) is 5.69 Å². The lowest BCUT2D eigenvalue weighted by molar-refractivity contribution is -0.384. The quantitative estimate of drug-likeness (QED) is 0.478. The standard InChI is InChI=1S/C22H21N5O4/c1-16-2-4-17(5-3-16)21(28)24-12-14-25(15-13-24)22(29)20-10-11-26(23-20)18-6-8-19(9-7-18)27(30)31/h2-11H,12-15H2,1H3. The monoisotopic (exact) mass is 419 g/mol. The van der Waals surface area contributed by atoms with Crippen molar-refractivity contribution < 1.29 is 14.5 Å². The van der Waals surface area contributed by atoms with Gasteiger partial charge in [0, 0.05) is 50.1 Å². The van der Waals surface area contributed by atoms with Gasteiger partial charge in [0.2, 0.25) is 0 Å². The summed E-state index contributed by atoms with van der Waals surface area (Å²) >= 11 is 0. The van der Waals surface area contributed by atoms with Crippen LogP contribution in [0.5, 0.6) is 0 Å². The number of nitro groups is 1. The summed E-state index contributed by atoms with van der Waals surface area (Å²) < 4.78 is 1.51. The van der Waals surface area contributed by atoms with Crippen LogP contribution >= 0.6 is 0 Å². The lowest BCUT2D eigenvalue weighted by atomic mass is 10.1. The first-order chi connectivity index (χ1) is 14.9. The number of aromatic nitrogens is 2. The number of carbonyl (C=O) groups is 2. The number of piperazine rings is 1. The van der Waals surface area contributed by atoms with E-state index in [4.69, 9.17) is 0 Å². The van der Waals surface area contributed by atoms with Crippen molar-refractivity contribution in [2.45, 2.75) is 6.92 Å². The minimum atomic E-state index is -0.467. The Morgan fingerprint density at radius 1 is 0.871 bits per heavy atom. The molecule has 3 aromatic rings. The molecule has 2 amide bonds. The molecule has 1 saturated heterocycles. The second-order valence-electron chi connectivity index (χ2n) is 7.37. The van der Waals surface area contributed by atoms with Crippen molar-refractivity contribution in [2.24, 2.45) is 0 Å². The Balaban J connectivity index is 1.38. The zero-order valence-corrected chi connectivity index (χ0v) is 17.0. The van der Waals surface area contributed by atoms with Crippen molar-refractivity contribution in [2.75, 3.05) is 26.2 Å². The molecular formula is C22H21N5O4. The van der Waals surface area contributed by atoms with Gasteiger partial charge in [-0.15, -0.1) is 0 Å². The molecule has 4 rings (SSSR count). The molecule has 1 aromatic heterocycles. The van der Waals surface area contributed by atoms with Gasteiger partial charge in [0.1, 0.15) is 0 Å². The molecule has 9 nitrogen and oxygen atoms in total. The van der Waals surface area contributed by atoms with E-state index < -0.39 is 4.92 Å². The van der Waals surface area contributed by atoms with Gasteiger partial charge < -0.3 is 9.80 Å². The molecule has 31 heavy (non-hydrogen) atoms. The Labute approximate surface area is 178 Å². The van der Waals surface area contributed by atoms with Crippen LogP contribution in [0, 0.1) is 17.0 Å². The Morgan fingerprint density at radius 3 is 2.03 bits per heavy atom. The highest BCUT2D eigenvalue weighted by molar-refractivity contribution is 5.95. The summed E-state index contributed by atoms with van der Waals surface area (Å²) in [7, 11) is 0. The minimum Gasteiger partial charge on any atom is -0.335 e. The highest BCUT2D eigenvalue weighted by atomic mass is 16.6. The molecule has 0 atom stereocenters. The normalized spacial score (nSPS) is 13.8. The van der Waals surface area contributed by atoms with Crippen molar-refractivity contribution in [3.63, 3.8) is 0 Å². The van der Waals surface area contributed by atoms with E-state index in [9.17, 15) is 19.7 Å². The molecule has 0 aliphatic carbocycles. The maximum Gasteiger partial charge on any atom is 0.274 e.